The molecule has 0 saturated heterocycles. The molecule has 2 rings (SSSR count). The average Bonchev–Trinajstić information content (AvgIpc) is 2.80. The van der Waals surface area contributed by atoms with Gasteiger partial charge in [-0.2, -0.15) is 0 Å². The summed E-state index contributed by atoms with van der Waals surface area (Å²) in [5.41, 5.74) is 0.482. The van der Waals surface area contributed by atoms with Crippen molar-refractivity contribution in [3.8, 4) is 23.0 Å². The van der Waals surface area contributed by atoms with Gasteiger partial charge in [-0.3, -0.25) is 9.59 Å². The van der Waals surface area contributed by atoms with Crippen LogP contribution in [0.3, 0.4) is 0 Å². The molecule has 2 aromatic rings. The number of methoxy groups -OCH3 is 4. The van der Waals surface area contributed by atoms with Crippen molar-refractivity contribution in [2.45, 2.75) is 13.8 Å². The summed E-state index contributed by atoms with van der Waals surface area (Å²) in [6, 6.07) is 10.8. The standard InChI is InChI=1S/C25H28O6.Na/c1-25(2,23(26)13-9-17-7-11-19(28-3)21(15-17)30-5)24(27)14-10-18-8-12-20(29-4)22(16-18)31-6;/h7-16H,1-6H3;/q;+1/p+1/b13-9+,14-10+;. The van der Waals surface area contributed by atoms with Crippen molar-refractivity contribution >= 4 is 23.7 Å². The molecule has 0 aliphatic carbocycles. The van der Waals surface area contributed by atoms with Gasteiger partial charge in [-0.15, -0.1) is 0 Å². The fourth-order valence-corrected chi connectivity index (χ4v) is 2.80. The van der Waals surface area contributed by atoms with Crippen LogP contribution in [-0.4, -0.2) is 44.8 Å². The molecule has 0 aliphatic rings. The minimum absolute atomic E-state index is 0. The van der Waals surface area contributed by atoms with Crippen molar-refractivity contribution in [1.82, 2.24) is 0 Å². The van der Waals surface area contributed by atoms with Gasteiger partial charge in [-0.25, -0.2) is 0 Å². The maximum absolute atomic E-state index is 12.8. The Bertz CT molecular complexity index is 928. The molecule has 0 spiro atoms. The van der Waals surface area contributed by atoms with Crippen molar-refractivity contribution < 1.29 is 58.1 Å². The summed E-state index contributed by atoms with van der Waals surface area (Å²) in [6.45, 7) is 3.34. The Labute approximate surface area is 211 Å². The van der Waals surface area contributed by atoms with Gasteiger partial charge in [-0.1, -0.05) is 18.2 Å². The first-order valence-electron chi connectivity index (χ1n) is 9.67. The molecular formula is C25H29NaO6+2. The molecule has 0 heterocycles. The molecule has 32 heavy (non-hydrogen) atoms. The number of carbonyl (C=O) groups excluding carboxylic acids is 2. The Balaban J connectivity index is 0.00000512. The van der Waals surface area contributed by atoms with Gasteiger partial charge in [0.15, 0.2) is 28.8 Å². The smallest absolute Gasteiger partial charge is 0.493 e. The zero-order chi connectivity index (χ0) is 23.0. The van der Waals surface area contributed by atoms with Crippen LogP contribution in [-0.2, 0) is 4.79 Å². The number of rotatable bonds is 10. The number of carbonyl (C=O) groups is 1. The van der Waals surface area contributed by atoms with Crippen molar-refractivity contribution in [3.63, 3.8) is 0 Å². The second-order valence-corrected chi connectivity index (χ2v) is 7.27. The van der Waals surface area contributed by atoms with Crippen LogP contribution in [0.4, 0.5) is 0 Å². The molecule has 0 amide bonds. The number of hydrogen-bond donors (Lipinski definition) is 0. The molecule has 0 aliphatic heterocycles. The Morgan fingerprint density at radius 1 is 0.750 bits per heavy atom. The van der Waals surface area contributed by atoms with E-state index in [1.165, 1.54) is 12.2 Å². The first-order chi connectivity index (χ1) is 14.8. The molecule has 6 nitrogen and oxygen atoms in total. The molecule has 0 atom stereocenters. The van der Waals surface area contributed by atoms with E-state index < -0.39 is 5.41 Å². The largest absolute Gasteiger partial charge is 1.00 e. The first-order valence-corrected chi connectivity index (χ1v) is 9.67. The molecule has 0 aromatic heterocycles. The molecule has 7 heteroatoms. The summed E-state index contributed by atoms with van der Waals surface area (Å²) < 4.78 is 21.0. The van der Waals surface area contributed by atoms with Crippen LogP contribution in [0, 0.1) is 5.41 Å². The van der Waals surface area contributed by atoms with E-state index in [0.717, 1.165) is 11.1 Å². The van der Waals surface area contributed by atoms with E-state index in [9.17, 15) is 9.59 Å². The fourth-order valence-electron chi connectivity index (χ4n) is 2.80. The number of allylic oxidation sites excluding steroid dienone is 2. The van der Waals surface area contributed by atoms with Crippen LogP contribution in [0.15, 0.2) is 48.6 Å². The minimum Gasteiger partial charge on any atom is -0.493 e. The third-order valence-electron chi connectivity index (χ3n) is 4.93. The van der Waals surface area contributed by atoms with Crippen LogP contribution >= 0.6 is 0 Å². The quantitative estimate of drug-likeness (QED) is 0.239. The van der Waals surface area contributed by atoms with Crippen molar-refractivity contribution in [2.24, 2.45) is 5.41 Å². The molecule has 2 aromatic carbocycles. The van der Waals surface area contributed by atoms with E-state index in [1.54, 1.807) is 78.7 Å². The zero-order valence-corrected chi connectivity index (χ0v) is 21.8. The van der Waals surface area contributed by atoms with Gasteiger partial charge in [0.1, 0.15) is 5.41 Å². The molecule has 164 valence electrons. The summed E-state index contributed by atoms with van der Waals surface area (Å²) in [5.74, 6) is 2.09. The van der Waals surface area contributed by atoms with Gasteiger partial charge in [-0.05, 0) is 61.4 Å². The topological polar surface area (TPSA) is 75.4 Å². The SMILES string of the molecule is COc1ccc(/C=C/C(=O)C(C)(C)C(=[OH+])/C=C/c2ccc(OC)c(OC)c2)cc1OC.[Na+]. The van der Waals surface area contributed by atoms with Crippen molar-refractivity contribution in [3.05, 3.63) is 59.7 Å². The van der Waals surface area contributed by atoms with Gasteiger partial charge in [0.05, 0.1) is 28.4 Å². The number of ketones is 2. The Morgan fingerprint density at radius 2 is 1.16 bits per heavy atom. The van der Waals surface area contributed by atoms with Gasteiger partial charge < -0.3 is 18.9 Å². The van der Waals surface area contributed by atoms with E-state index >= 15 is 0 Å². The normalized spacial score (nSPS) is 11.2. The Morgan fingerprint density at radius 3 is 1.56 bits per heavy atom. The maximum atomic E-state index is 12.8. The summed E-state index contributed by atoms with van der Waals surface area (Å²) in [5, 5.41) is 0. The van der Waals surface area contributed by atoms with E-state index in [0.29, 0.717) is 23.0 Å². The monoisotopic (exact) mass is 448 g/mol. The molecule has 0 fully saturated rings. The van der Waals surface area contributed by atoms with Crippen LogP contribution in [0.25, 0.3) is 12.2 Å². The summed E-state index contributed by atoms with van der Waals surface area (Å²) in [6.07, 6.45) is 6.35. The number of hydrogen-bond acceptors (Lipinski definition) is 5. The van der Waals surface area contributed by atoms with E-state index in [-0.39, 0.29) is 41.1 Å². The van der Waals surface area contributed by atoms with E-state index in [2.05, 4.69) is 0 Å². The zero-order valence-electron chi connectivity index (χ0n) is 19.8. The Hall–Kier alpha value is -2.54. The van der Waals surface area contributed by atoms with Crippen molar-refractivity contribution in [1.29, 1.82) is 0 Å². The first kappa shape index (κ1) is 27.5. The average molecular weight is 448 g/mol. The second kappa shape index (κ2) is 12.5. The molecule has 1 N–H and O–H groups in total. The van der Waals surface area contributed by atoms with Crippen molar-refractivity contribution in [2.75, 3.05) is 28.4 Å². The second-order valence-electron chi connectivity index (χ2n) is 7.27. The summed E-state index contributed by atoms with van der Waals surface area (Å²) >= 11 is 0. The molecule has 0 unspecified atom stereocenters. The number of benzene rings is 2. The summed E-state index contributed by atoms with van der Waals surface area (Å²) in [4.78, 5) is 23.3. The fraction of sp³-hybridized carbons (Fsp3) is 0.280. The number of ether oxygens (including phenoxy) is 4. The maximum Gasteiger partial charge on any atom is 1.00 e. The van der Waals surface area contributed by atoms with Gasteiger partial charge >= 0.3 is 35.3 Å². The van der Waals surface area contributed by atoms with Gasteiger partial charge in [0, 0.05) is 6.08 Å². The third-order valence-corrected chi connectivity index (χ3v) is 4.93. The van der Waals surface area contributed by atoms with Gasteiger partial charge in [0.25, 0.3) is 0 Å². The third kappa shape index (κ3) is 6.73. The molecule has 0 radical (unpaired) electrons. The van der Waals surface area contributed by atoms with Gasteiger partial charge in [0.2, 0.25) is 0 Å². The van der Waals surface area contributed by atoms with Crippen LogP contribution in [0.1, 0.15) is 25.0 Å². The van der Waals surface area contributed by atoms with E-state index in [1.807, 2.05) is 12.1 Å². The van der Waals surface area contributed by atoms with Crippen LogP contribution in [0.2, 0.25) is 0 Å². The van der Waals surface area contributed by atoms with E-state index in [4.69, 9.17) is 18.9 Å². The predicted molar refractivity (Wildman–Crippen MR) is 123 cm³/mol. The van der Waals surface area contributed by atoms with Crippen LogP contribution < -0.4 is 48.5 Å². The minimum atomic E-state index is -1.10. The van der Waals surface area contributed by atoms with Crippen LogP contribution in [0.5, 0.6) is 23.0 Å². The molecule has 0 bridgehead atoms. The predicted octanol–water partition coefficient (Wildman–Crippen LogP) is 1.59. The molecular weight excluding hydrogens is 419 g/mol. The molecule has 0 saturated carbocycles. The summed E-state index contributed by atoms with van der Waals surface area (Å²) in [7, 11) is 6.24. The Kier molecular flexibility index (Phi) is 10.7.